The zero-order valence-electron chi connectivity index (χ0n) is 19.3. The van der Waals surface area contributed by atoms with E-state index in [1.165, 1.54) is 11.1 Å². The lowest BCUT2D eigenvalue weighted by atomic mass is 10.1. The molecule has 0 aliphatic carbocycles. The second-order valence-corrected chi connectivity index (χ2v) is 8.92. The van der Waals surface area contributed by atoms with E-state index in [2.05, 4.69) is 31.3 Å². The Morgan fingerprint density at radius 2 is 1.58 bits per heavy atom. The van der Waals surface area contributed by atoms with Crippen LogP contribution in [0.2, 0.25) is 0 Å². The van der Waals surface area contributed by atoms with Gasteiger partial charge in [0.1, 0.15) is 6.04 Å². The Morgan fingerprint density at radius 1 is 0.968 bits per heavy atom. The van der Waals surface area contributed by atoms with Crippen molar-refractivity contribution in [3.05, 3.63) is 70.8 Å². The van der Waals surface area contributed by atoms with Crippen LogP contribution in [0.1, 0.15) is 55.4 Å². The van der Waals surface area contributed by atoms with Gasteiger partial charge in [0.2, 0.25) is 11.8 Å². The fourth-order valence-electron chi connectivity index (χ4n) is 3.50. The number of thioether (sulfide) groups is 1. The maximum atomic E-state index is 13.3. The fourth-order valence-corrected chi connectivity index (χ4v) is 4.49. The highest BCUT2D eigenvalue weighted by Crippen LogP contribution is 2.20. The van der Waals surface area contributed by atoms with Crippen molar-refractivity contribution in [1.82, 2.24) is 10.2 Å². The Hall–Kier alpha value is -2.27. The van der Waals surface area contributed by atoms with Gasteiger partial charge in [-0.1, -0.05) is 68.8 Å². The van der Waals surface area contributed by atoms with Gasteiger partial charge in [-0.05, 0) is 48.9 Å². The van der Waals surface area contributed by atoms with Crippen LogP contribution in [0.5, 0.6) is 0 Å². The monoisotopic (exact) mass is 440 g/mol. The lowest BCUT2D eigenvalue weighted by Crippen LogP contribution is -2.49. The van der Waals surface area contributed by atoms with Crippen LogP contribution in [0.15, 0.2) is 48.5 Å². The van der Waals surface area contributed by atoms with Crippen molar-refractivity contribution in [3.63, 3.8) is 0 Å². The number of rotatable bonds is 12. The first-order chi connectivity index (χ1) is 15.0. The molecule has 1 atom stereocenters. The van der Waals surface area contributed by atoms with Crippen LogP contribution in [-0.4, -0.2) is 35.1 Å². The summed E-state index contributed by atoms with van der Waals surface area (Å²) in [5.41, 5.74) is 4.70. The highest BCUT2D eigenvalue weighted by molar-refractivity contribution is 7.99. The van der Waals surface area contributed by atoms with Crippen LogP contribution in [0, 0.1) is 13.8 Å². The fraction of sp³-hybridized carbons (Fsp3) is 0.462. The summed E-state index contributed by atoms with van der Waals surface area (Å²) in [5.74, 6) is 1.11. The summed E-state index contributed by atoms with van der Waals surface area (Å²) in [7, 11) is 0. The average Bonchev–Trinajstić information content (AvgIpc) is 2.76. The number of carbonyl (C=O) groups is 2. The number of hydrogen-bond donors (Lipinski definition) is 1. The van der Waals surface area contributed by atoms with Gasteiger partial charge in [-0.25, -0.2) is 0 Å². The largest absolute Gasteiger partial charge is 0.354 e. The number of nitrogens with zero attached hydrogens (tertiary/aromatic N) is 1. The highest BCUT2D eigenvalue weighted by atomic mass is 32.2. The van der Waals surface area contributed by atoms with Gasteiger partial charge in [0, 0.05) is 18.8 Å². The predicted octanol–water partition coefficient (Wildman–Crippen LogP) is 5.26. The van der Waals surface area contributed by atoms with Gasteiger partial charge >= 0.3 is 0 Å². The Labute approximate surface area is 191 Å². The van der Waals surface area contributed by atoms with Gasteiger partial charge in [0.25, 0.3) is 0 Å². The molecule has 0 aromatic heterocycles. The smallest absolute Gasteiger partial charge is 0.242 e. The number of unbranched alkanes of at least 4 members (excludes halogenated alkanes) is 1. The lowest BCUT2D eigenvalue weighted by Gasteiger charge is -2.31. The third-order valence-corrected chi connectivity index (χ3v) is 6.53. The average molecular weight is 441 g/mol. The molecule has 168 valence electrons. The molecule has 0 spiro atoms. The van der Waals surface area contributed by atoms with Crippen LogP contribution in [0.3, 0.4) is 0 Å². The molecule has 0 heterocycles. The van der Waals surface area contributed by atoms with Gasteiger partial charge in [-0.2, -0.15) is 0 Å². The van der Waals surface area contributed by atoms with Crippen LogP contribution < -0.4 is 5.32 Å². The van der Waals surface area contributed by atoms with Crippen LogP contribution in [0.4, 0.5) is 0 Å². The first-order valence-electron chi connectivity index (χ1n) is 11.2. The van der Waals surface area contributed by atoms with Crippen LogP contribution in [0.25, 0.3) is 0 Å². The minimum Gasteiger partial charge on any atom is -0.354 e. The summed E-state index contributed by atoms with van der Waals surface area (Å²) >= 11 is 1.61. The zero-order chi connectivity index (χ0) is 22.6. The van der Waals surface area contributed by atoms with E-state index in [0.717, 1.165) is 29.7 Å². The molecular weight excluding hydrogens is 404 g/mol. The van der Waals surface area contributed by atoms with Crippen molar-refractivity contribution in [3.8, 4) is 0 Å². The first-order valence-corrected chi connectivity index (χ1v) is 12.4. The third kappa shape index (κ3) is 7.73. The van der Waals surface area contributed by atoms with E-state index < -0.39 is 6.04 Å². The van der Waals surface area contributed by atoms with E-state index in [0.29, 0.717) is 25.3 Å². The number of hydrogen-bond acceptors (Lipinski definition) is 3. The van der Waals surface area contributed by atoms with Crippen molar-refractivity contribution in [2.45, 2.75) is 65.3 Å². The van der Waals surface area contributed by atoms with Crippen molar-refractivity contribution in [2.75, 3.05) is 12.3 Å². The molecule has 5 heteroatoms. The summed E-state index contributed by atoms with van der Waals surface area (Å²) in [6.45, 7) is 9.32. The van der Waals surface area contributed by atoms with E-state index in [4.69, 9.17) is 0 Å². The van der Waals surface area contributed by atoms with E-state index in [-0.39, 0.29) is 11.8 Å². The van der Waals surface area contributed by atoms with Crippen LogP contribution in [-0.2, 0) is 21.9 Å². The molecule has 2 aromatic rings. The Morgan fingerprint density at radius 3 is 2.16 bits per heavy atom. The predicted molar refractivity (Wildman–Crippen MR) is 131 cm³/mol. The van der Waals surface area contributed by atoms with Crippen molar-refractivity contribution >= 4 is 23.6 Å². The molecule has 4 nitrogen and oxygen atoms in total. The molecule has 0 fully saturated rings. The van der Waals surface area contributed by atoms with Crippen molar-refractivity contribution < 1.29 is 9.59 Å². The van der Waals surface area contributed by atoms with Gasteiger partial charge in [0.05, 0.1) is 5.75 Å². The number of benzene rings is 2. The zero-order valence-corrected chi connectivity index (χ0v) is 20.1. The molecule has 2 aromatic carbocycles. The van der Waals surface area contributed by atoms with E-state index >= 15 is 0 Å². The minimum atomic E-state index is -0.456. The maximum absolute atomic E-state index is 13.3. The minimum absolute atomic E-state index is 0.0133. The molecular formula is C26H36N2O2S. The summed E-state index contributed by atoms with van der Waals surface area (Å²) in [6.07, 6.45) is 2.57. The molecule has 0 bridgehead atoms. The van der Waals surface area contributed by atoms with Gasteiger partial charge < -0.3 is 10.2 Å². The maximum Gasteiger partial charge on any atom is 0.242 e. The third-order valence-electron chi connectivity index (χ3n) is 5.56. The quantitative estimate of drug-likeness (QED) is 0.458. The SMILES string of the molecule is CCCCNC(=O)[C@H](CC)N(Cc1ccccc1C)C(=O)CSCc1ccccc1C. The molecule has 0 saturated carbocycles. The number of amides is 2. The normalized spacial score (nSPS) is 11.7. The standard InChI is InChI=1S/C26H36N2O2S/c1-5-7-16-27-26(30)24(6-2)28(17-22-14-10-8-12-20(22)3)25(29)19-31-18-23-15-11-9-13-21(23)4/h8-15,24H,5-7,16-19H2,1-4H3,(H,27,30)/t24-/m0/s1. The molecule has 0 aliphatic rings. The Balaban J connectivity index is 2.13. The second-order valence-electron chi connectivity index (χ2n) is 7.94. The summed E-state index contributed by atoms with van der Waals surface area (Å²) in [6, 6.07) is 15.9. The number of aryl methyl sites for hydroxylation is 2. The molecule has 0 aliphatic heterocycles. The van der Waals surface area contributed by atoms with Crippen molar-refractivity contribution in [2.24, 2.45) is 0 Å². The molecule has 2 rings (SSSR count). The summed E-state index contributed by atoms with van der Waals surface area (Å²) in [4.78, 5) is 28.0. The number of nitrogens with one attached hydrogen (secondary N) is 1. The van der Waals surface area contributed by atoms with Gasteiger partial charge in [0.15, 0.2) is 0 Å². The summed E-state index contributed by atoms with van der Waals surface area (Å²) in [5, 5.41) is 3.02. The molecule has 1 N–H and O–H groups in total. The van der Waals surface area contributed by atoms with E-state index in [9.17, 15) is 9.59 Å². The lowest BCUT2D eigenvalue weighted by molar-refractivity contribution is -0.139. The number of carbonyl (C=O) groups excluding carboxylic acids is 2. The molecule has 0 saturated heterocycles. The molecule has 2 amide bonds. The molecule has 31 heavy (non-hydrogen) atoms. The molecule has 0 unspecified atom stereocenters. The van der Waals surface area contributed by atoms with E-state index in [1.807, 2.05) is 50.2 Å². The van der Waals surface area contributed by atoms with Gasteiger partial charge in [-0.3, -0.25) is 9.59 Å². The Kier molecular flexibility index (Phi) is 10.6. The van der Waals surface area contributed by atoms with Crippen molar-refractivity contribution in [1.29, 1.82) is 0 Å². The molecule has 0 radical (unpaired) electrons. The van der Waals surface area contributed by atoms with Gasteiger partial charge in [-0.15, -0.1) is 11.8 Å². The highest BCUT2D eigenvalue weighted by Gasteiger charge is 2.28. The first kappa shape index (κ1) is 25.0. The van der Waals surface area contributed by atoms with E-state index in [1.54, 1.807) is 16.7 Å². The second kappa shape index (κ2) is 13.2. The summed E-state index contributed by atoms with van der Waals surface area (Å²) < 4.78 is 0. The topological polar surface area (TPSA) is 49.4 Å². The Bertz CT molecular complexity index is 853. The van der Waals surface area contributed by atoms with Crippen LogP contribution >= 0.6 is 11.8 Å².